The third-order valence-corrected chi connectivity index (χ3v) is 4.16. The first-order valence-electron chi connectivity index (χ1n) is 7.62. The molecule has 1 amide bonds. The number of aromatic nitrogens is 4. The highest BCUT2D eigenvalue weighted by Gasteiger charge is 2.56. The van der Waals surface area contributed by atoms with Crippen molar-refractivity contribution in [2.24, 2.45) is 0 Å². The maximum absolute atomic E-state index is 13.7. The quantitative estimate of drug-likeness (QED) is 0.758. The Hall–Kier alpha value is -3.10. The number of aryl methyl sites for hydroxylation is 1. The van der Waals surface area contributed by atoms with Gasteiger partial charge in [0.1, 0.15) is 28.4 Å². The molecule has 1 saturated carbocycles. The van der Waals surface area contributed by atoms with Gasteiger partial charge >= 0.3 is 0 Å². The van der Waals surface area contributed by atoms with Crippen LogP contribution in [0, 0.1) is 18.6 Å². The van der Waals surface area contributed by atoms with Crippen LogP contribution in [0.4, 0.5) is 14.5 Å². The summed E-state index contributed by atoms with van der Waals surface area (Å²) < 4.78 is 32.7. The zero-order valence-corrected chi connectivity index (χ0v) is 13.1. The Kier molecular flexibility index (Phi) is 3.38. The molecule has 0 atom stereocenters. The Balaban J connectivity index is 1.60. The molecule has 0 spiro atoms. The van der Waals surface area contributed by atoms with E-state index in [4.69, 9.17) is 4.52 Å². The molecule has 1 aliphatic rings. The van der Waals surface area contributed by atoms with Crippen LogP contribution in [-0.2, 0) is 10.2 Å². The number of para-hydroxylation sites is 1. The molecule has 4 rings (SSSR count). The summed E-state index contributed by atoms with van der Waals surface area (Å²) in [4.78, 5) is 16.8. The Morgan fingerprint density at radius 3 is 2.64 bits per heavy atom. The SMILES string of the molecule is Cc1cc(-c2noc(C3(C(=O)Nc4c(F)cccc4F)CC3)n2)n[nH]1. The number of aromatic amines is 1. The molecule has 9 heteroatoms. The van der Waals surface area contributed by atoms with E-state index in [0.717, 1.165) is 17.8 Å². The standard InChI is InChI=1S/C16H13F2N5O2/c1-8-7-11(22-21-8)13-20-15(25-23-13)16(5-6-16)14(24)19-12-9(17)3-2-4-10(12)18/h2-4,7H,5-6H2,1H3,(H,19,24)(H,21,22). The number of H-pyrrole nitrogens is 1. The van der Waals surface area contributed by atoms with E-state index in [-0.39, 0.29) is 11.7 Å². The molecule has 128 valence electrons. The van der Waals surface area contributed by atoms with Crippen molar-refractivity contribution in [2.45, 2.75) is 25.2 Å². The topological polar surface area (TPSA) is 96.7 Å². The number of benzene rings is 1. The van der Waals surface area contributed by atoms with Crippen molar-refractivity contribution in [1.29, 1.82) is 0 Å². The van der Waals surface area contributed by atoms with Gasteiger partial charge in [0.05, 0.1) is 0 Å². The van der Waals surface area contributed by atoms with Gasteiger partial charge in [0.15, 0.2) is 0 Å². The third kappa shape index (κ3) is 2.57. The molecule has 1 aliphatic carbocycles. The molecule has 7 nitrogen and oxygen atoms in total. The van der Waals surface area contributed by atoms with Gasteiger partial charge in [0.2, 0.25) is 17.6 Å². The minimum absolute atomic E-state index is 0.109. The maximum atomic E-state index is 13.7. The van der Waals surface area contributed by atoms with Crippen molar-refractivity contribution in [3.05, 3.63) is 47.5 Å². The monoisotopic (exact) mass is 345 g/mol. The van der Waals surface area contributed by atoms with Crippen LogP contribution < -0.4 is 5.32 Å². The molecule has 3 aromatic rings. The lowest BCUT2D eigenvalue weighted by Gasteiger charge is -2.12. The van der Waals surface area contributed by atoms with Gasteiger partial charge in [-0.15, -0.1) is 0 Å². The summed E-state index contributed by atoms with van der Waals surface area (Å²) in [6.45, 7) is 1.83. The molecule has 1 aromatic carbocycles. The number of carbonyl (C=O) groups excluding carboxylic acids is 1. The van der Waals surface area contributed by atoms with Gasteiger partial charge < -0.3 is 9.84 Å². The van der Waals surface area contributed by atoms with E-state index in [1.807, 2.05) is 6.92 Å². The average Bonchev–Trinajstić information content (AvgIpc) is 3.03. The zero-order valence-electron chi connectivity index (χ0n) is 13.1. The Morgan fingerprint density at radius 1 is 1.32 bits per heavy atom. The van der Waals surface area contributed by atoms with Crippen molar-refractivity contribution in [3.63, 3.8) is 0 Å². The largest absolute Gasteiger partial charge is 0.338 e. The van der Waals surface area contributed by atoms with E-state index in [1.165, 1.54) is 6.07 Å². The fourth-order valence-corrected chi connectivity index (χ4v) is 2.57. The van der Waals surface area contributed by atoms with Crippen LogP contribution in [0.1, 0.15) is 24.4 Å². The Bertz CT molecular complexity index is 941. The van der Waals surface area contributed by atoms with Crippen LogP contribution in [0.25, 0.3) is 11.5 Å². The molecule has 2 aromatic heterocycles. The van der Waals surface area contributed by atoms with Crippen LogP contribution in [0.2, 0.25) is 0 Å². The second-order valence-corrected chi connectivity index (χ2v) is 5.99. The van der Waals surface area contributed by atoms with Crippen molar-refractivity contribution in [1.82, 2.24) is 20.3 Å². The summed E-state index contributed by atoms with van der Waals surface area (Å²) in [6.07, 6.45) is 0.909. The summed E-state index contributed by atoms with van der Waals surface area (Å²) in [6, 6.07) is 5.11. The number of nitrogens with one attached hydrogen (secondary N) is 2. The van der Waals surface area contributed by atoms with Crippen molar-refractivity contribution < 1.29 is 18.1 Å². The number of anilines is 1. The van der Waals surface area contributed by atoms with Gasteiger partial charge in [0.25, 0.3) is 0 Å². The summed E-state index contributed by atoms with van der Waals surface area (Å²) in [7, 11) is 0. The molecular weight excluding hydrogens is 332 g/mol. The summed E-state index contributed by atoms with van der Waals surface area (Å²) in [5.41, 5.74) is -0.230. The second-order valence-electron chi connectivity index (χ2n) is 5.99. The zero-order chi connectivity index (χ0) is 17.6. The number of nitrogens with zero attached hydrogens (tertiary/aromatic N) is 3. The van der Waals surface area contributed by atoms with Gasteiger partial charge in [-0.3, -0.25) is 9.89 Å². The second kappa shape index (κ2) is 5.47. The van der Waals surface area contributed by atoms with Gasteiger partial charge in [-0.2, -0.15) is 10.1 Å². The number of halogens is 2. The summed E-state index contributed by atoms with van der Waals surface area (Å²) in [5, 5.41) is 12.9. The van der Waals surface area contributed by atoms with Crippen LogP contribution in [0.15, 0.2) is 28.8 Å². The molecule has 1 fully saturated rings. The molecule has 0 saturated heterocycles. The van der Waals surface area contributed by atoms with Gasteiger partial charge in [-0.25, -0.2) is 8.78 Å². The van der Waals surface area contributed by atoms with E-state index in [1.54, 1.807) is 6.07 Å². The van der Waals surface area contributed by atoms with Crippen LogP contribution in [-0.4, -0.2) is 26.2 Å². The average molecular weight is 345 g/mol. The van der Waals surface area contributed by atoms with E-state index >= 15 is 0 Å². The van der Waals surface area contributed by atoms with Crippen LogP contribution >= 0.6 is 0 Å². The number of hydrogen-bond donors (Lipinski definition) is 2. The number of amides is 1. The predicted molar refractivity (Wildman–Crippen MR) is 82.5 cm³/mol. The van der Waals surface area contributed by atoms with Crippen LogP contribution in [0.5, 0.6) is 0 Å². The van der Waals surface area contributed by atoms with E-state index in [9.17, 15) is 13.6 Å². The molecule has 2 heterocycles. The number of hydrogen-bond acceptors (Lipinski definition) is 5. The van der Waals surface area contributed by atoms with Crippen molar-refractivity contribution >= 4 is 11.6 Å². The molecule has 0 unspecified atom stereocenters. The highest BCUT2D eigenvalue weighted by molar-refractivity contribution is 6.00. The summed E-state index contributed by atoms with van der Waals surface area (Å²) >= 11 is 0. The van der Waals surface area contributed by atoms with Gasteiger partial charge in [-0.05, 0) is 38.0 Å². The van der Waals surface area contributed by atoms with Gasteiger partial charge in [0, 0.05) is 5.69 Å². The lowest BCUT2D eigenvalue weighted by Crippen LogP contribution is -2.29. The minimum Gasteiger partial charge on any atom is -0.338 e. The highest BCUT2D eigenvalue weighted by Crippen LogP contribution is 2.48. The molecule has 0 radical (unpaired) electrons. The molecule has 0 aliphatic heterocycles. The molecule has 0 bridgehead atoms. The summed E-state index contributed by atoms with van der Waals surface area (Å²) in [5.74, 6) is -1.91. The minimum atomic E-state index is -1.06. The first-order chi connectivity index (χ1) is 12.0. The van der Waals surface area contributed by atoms with E-state index in [2.05, 4.69) is 25.7 Å². The van der Waals surface area contributed by atoms with Crippen molar-refractivity contribution in [2.75, 3.05) is 5.32 Å². The molecule has 25 heavy (non-hydrogen) atoms. The molecule has 2 N–H and O–H groups in total. The fourth-order valence-electron chi connectivity index (χ4n) is 2.57. The highest BCUT2D eigenvalue weighted by atomic mass is 19.1. The smallest absolute Gasteiger partial charge is 0.242 e. The number of rotatable bonds is 4. The van der Waals surface area contributed by atoms with E-state index in [0.29, 0.717) is 18.5 Å². The van der Waals surface area contributed by atoms with E-state index < -0.39 is 28.6 Å². The maximum Gasteiger partial charge on any atom is 0.242 e. The molecular formula is C16H13F2N5O2. The van der Waals surface area contributed by atoms with Crippen molar-refractivity contribution in [3.8, 4) is 11.5 Å². The van der Waals surface area contributed by atoms with Crippen LogP contribution in [0.3, 0.4) is 0 Å². The number of carbonyl (C=O) groups is 1. The Morgan fingerprint density at radius 2 is 2.04 bits per heavy atom. The normalized spacial score (nSPS) is 15.2. The lowest BCUT2D eigenvalue weighted by atomic mass is 10.1. The first kappa shape index (κ1) is 15.4. The fraction of sp³-hybridized carbons (Fsp3) is 0.250. The first-order valence-corrected chi connectivity index (χ1v) is 7.62. The lowest BCUT2D eigenvalue weighted by molar-refractivity contribution is -0.119. The predicted octanol–water partition coefficient (Wildman–Crippen LogP) is 2.72. The third-order valence-electron chi connectivity index (χ3n) is 4.16. The van der Waals surface area contributed by atoms with Gasteiger partial charge in [-0.1, -0.05) is 11.2 Å². The Labute approximate surface area is 140 Å².